The lowest BCUT2D eigenvalue weighted by molar-refractivity contribution is -0.118. The summed E-state index contributed by atoms with van der Waals surface area (Å²) in [6.07, 6.45) is 7.39. The average Bonchev–Trinajstić information content (AvgIpc) is 3.30. The van der Waals surface area contributed by atoms with Crippen molar-refractivity contribution < 1.29 is 9.53 Å². The number of allylic oxidation sites excluding steroid dienone is 2. The zero-order valence-electron chi connectivity index (χ0n) is 14.5. The van der Waals surface area contributed by atoms with Crippen molar-refractivity contribution in [3.8, 4) is 0 Å². The number of unbranched alkanes of at least 4 members (excludes halogenated alkanes) is 1. The summed E-state index contributed by atoms with van der Waals surface area (Å²) in [6.45, 7) is 3.41. The summed E-state index contributed by atoms with van der Waals surface area (Å²) in [4.78, 5) is 12.5. The second-order valence-corrected chi connectivity index (χ2v) is 7.84. The minimum atomic E-state index is 0.190. The smallest absolute Gasteiger partial charge is 0.173 e. The monoisotopic (exact) mass is 402 g/mol. The number of benzene rings is 1. The molecule has 2 aliphatic carbocycles. The largest absolute Gasteiger partial charge is 0.359 e. The summed E-state index contributed by atoms with van der Waals surface area (Å²) in [5.74, 6) is 0.860. The molecule has 0 spiro atoms. The first-order valence-electron chi connectivity index (χ1n) is 9.18. The van der Waals surface area contributed by atoms with Crippen LogP contribution in [0.5, 0.6) is 0 Å². The zero-order chi connectivity index (χ0) is 17.4. The van der Waals surface area contributed by atoms with E-state index in [0.29, 0.717) is 12.6 Å². The van der Waals surface area contributed by atoms with Crippen molar-refractivity contribution in [3.63, 3.8) is 0 Å². The molecule has 0 radical (unpaired) electrons. The summed E-state index contributed by atoms with van der Waals surface area (Å²) in [5, 5.41) is 5.55. The van der Waals surface area contributed by atoms with Gasteiger partial charge in [-0.25, -0.2) is 4.68 Å². The van der Waals surface area contributed by atoms with Crippen molar-refractivity contribution in [2.75, 3.05) is 6.61 Å². The third-order valence-corrected chi connectivity index (χ3v) is 6.30. The molecule has 132 valence electrons. The van der Waals surface area contributed by atoms with E-state index in [4.69, 9.17) is 4.74 Å². The van der Waals surface area contributed by atoms with Gasteiger partial charge in [-0.1, -0.05) is 25.8 Å². The Morgan fingerprint density at radius 3 is 3.00 bits per heavy atom. The molecule has 5 heteroatoms. The molecule has 0 saturated heterocycles. The fourth-order valence-corrected chi connectivity index (χ4v) is 4.99. The minimum absolute atomic E-state index is 0.190. The van der Waals surface area contributed by atoms with Crippen molar-refractivity contribution >= 4 is 38.2 Å². The van der Waals surface area contributed by atoms with E-state index < -0.39 is 0 Å². The molecule has 1 aromatic carbocycles. The lowest BCUT2D eigenvalue weighted by Gasteiger charge is -2.13. The van der Waals surface area contributed by atoms with Crippen LogP contribution in [0.1, 0.15) is 44.6 Å². The predicted octanol–water partition coefficient (Wildman–Crippen LogP) is 4.92. The highest BCUT2D eigenvalue weighted by Gasteiger charge is 2.43. The standard InChI is InChI=1S/C20H23BrN2O2/c1-2-3-9-25-12-23-17-8-7-13(10-14(17)11-22-23)18-15-5-4-6-16(15)20(24)19(18)21/h7-8,10-11,15-16H,2-6,9,12H2,1H3. The van der Waals surface area contributed by atoms with Gasteiger partial charge in [0.2, 0.25) is 0 Å². The fraction of sp³-hybridized carbons (Fsp3) is 0.500. The molecule has 25 heavy (non-hydrogen) atoms. The van der Waals surface area contributed by atoms with Gasteiger partial charge in [0.15, 0.2) is 5.78 Å². The Balaban J connectivity index is 1.61. The molecule has 1 aromatic heterocycles. The first-order valence-corrected chi connectivity index (χ1v) is 9.97. The Morgan fingerprint density at radius 2 is 2.16 bits per heavy atom. The van der Waals surface area contributed by atoms with E-state index in [1.54, 1.807) is 0 Å². The highest BCUT2D eigenvalue weighted by Crippen LogP contribution is 2.51. The van der Waals surface area contributed by atoms with Crippen molar-refractivity contribution in [3.05, 3.63) is 34.4 Å². The summed E-state index contributed by atoms with van der Waals surface area (Å²) < 4.78 is 8.37. The molecule has 2 atom stereocenters. The van der Waals surface area contributed by atoms with Crippen LogP contribution in [0, 0.1) is 11.8 Å². The number of Topliss-reactive ketones (excluding diaryl/α,β-unsaturated/α-hetero) is 1. The number of rotatable bonds is 6. The number of hydrogen-bond acceptors (Lipinski definition) is 3. The van der Waals surface area contributed by atoms with Crippen LogP contribution in [0.15, 0.2) is 28.9 Å². The van der Waals surface area contributed by atoms with Gasteiger partial charge >= 0.3 is 0 Å². The Hall–Kier alpha value is -1.46. The average molecular weight is 403 g/mol. The Kier molecular flexibility index (Phi) is 4.78. The molecule has 1 saturated carbocycles. The van der Waals surface area contributed by atoms with Crippen LogP contribution in [0.4, 0.5) is 0 Å². The molecule has 0 aliphatic heterocycles. The Bertz CT molecular complexity index is 839. The van der Waals surface area contributed by atoms with Crippen LogP contribution < -0.4 is 0 Å². The van der Waals surface area contributed by atoms with Crippen LogP contribution >= 0.6 is 15.9 Å². The SMILES string of the molecule is CCCCOCn1ncc2cc(C3=C(Br)C(=O)C4CCCC34)ccc21. The minimum Gasteiger partial charge on any atom is -0.359 e. The van der Waals surface area contributed by atoms with E-state index in [0.717, 1.165) is 59.7 Å². The summed E-state index contributed by atoms with van der Waals surface area (Å²) in [6, 6.07) is 6.38. The molecule has 0 bridgehead atoms. The van der Waals surface area contributed by atoms with Gasteiger partial charge in [-0.05, 0) is 64.4 Å². The number of ketones is 1. The lowest BCUT2D eigenvalue weighted by atomic mass is 9.90. The maximum absolute atomic E-state index is 12.5. The van der Waals surface area contributed by atoms with Gasteiger partial charge in [0.05, 0.1) is 16.2 Å². The Labute approximate surface area is 156 Å². The van der Waals surface area contributed by atoms with E-state index in [1.807, 2.05) is 10.9 Å². The predicted molar refractivity (Wildman–Crippen MR) is 102 cm³/mol. The highest BCUT2D eigenvalue weighted by molar-refractivity contribution is 9.12. The number of carbonyl (C=O) groups excluding carboxylic acids is 1. The molecule has 2 aliphatic rings. The van der Waals surface area contributed by atoms with Crippen molar-refractivity contribution in [2.24, 2.45) is 11.8 Å². The molecule has 0 amide bonds. The van der Waals surface area contributed by atoms with Gasteiger partial charge in [-0.15, -0.1) is 0 Å². The van der Waals surface area contributed by atoms with E-state index in [9.17, 15) is 4.79 Å². The fourth-order valence-electron chi connectivity index (χ4n) is 4.17. The third-order valence-electron chi connectivity index (χ3n) is 5.48. The maximum Gasteiger partial charge on any atom is 0.173 e. The number of halogens is 1. The second kappa shape index (κ2) is 7.04. The molecule has 0 N–H and O–H groups in total. The second-order valence-electron chi connectivity index (χ2n) is 7.04. The molecule has 4 rings (SSSR count). The molecule has 1 fully saturated rings. The van der Waals surface area contributed by atoms with Gasteiger partial charge < -0.3 is 4.74 Å². The number of carbonyl (C=O) groups is 1. The quantitative estimate of drug-likeness (QED) is 0.644. The van der Waals surface area contributed by atoms with Crippen LogP contribution in [0.2, 0.25) is 0 Å². The van der Waals surface area contributed by atoms with Crippen LogP contribution in [-0.2, 0) is 16.3 Å². The lowest BCUT2D eigenvalue weighted by Crippen LogP contribution is -2.10. The third kappa shape index (κ3) is 2.97. The normalized spacial score (nSPS) is 23.0. The number of nitrogens with zero attached hydrogens (tertiary/aromatic N) is 2. The number of hydrogen-bond donors (Lipinski definition) is 0. The van der Waals surface area contributed by atoms with E-state index in [2.05, 4.69) is 46.2 Å². The van der Waals surface area contributed by atoms with Crippen molar-refractivity contribution in [2.45, 2.75) is 45.8 Å². The van der Waals surface area contributed by atoms with Gasteiger partial charge in [-0.2, -0.15) is 5.10 Å². The molecule has 1 heterocycles. The molecular weight excluding hydrogens is 380 g/mol. The topological polar surface area (TPSA) is 44.1 Å². The first kappa shape index (κ1) is 17.0. The number of aromatic nitrogens is 2. The highest BCUT2D eigenvalue weighted by atomic mass is 79.9. The first-order chi connectivity index (χ1) is 12.2. The van der Waals surface area contributed by atoms with Gasteiger partial charge in [0.25, 0.3) is 0 Å². The maximum atomic E-state index is 12.5. The van der Waals surface area contributed by atoms with Crippen molar-refractivity contribution in [1.82, 2.24) is 9.78 Å². The van der Waals surface area contributed by atoms with E-state index >= 15 is 0 Å². The van der Waals surface area contributed by atoms with Crippen LogP contribution in [0.3, 0.4) is 0 Å². The van der Waals surface area contributed by atoms with Gasteiger partial charge in [0, 0.05) is 17.9 Å². The van der Waals surface area contributed by atoms with Gasteiger partial charge in [0.1, 0.15) is 6.73 Å². The van der Waals surface area contributed by atoms with Crippen LogP contribution in [-0.4, -0.2) is 22.2 Å². The summed E-state index contributed by atoms with van der Waals surface area (Å²) in [7, 11) is 0. The summed E-state index contributed by atoms with van der Waals surface area (Å²) in [5.41, 5.74) is 3.42. The van der Waals surface area contributed by atoms with Gasteiger partial charge in [-0.3, -0.25) is 4.79 Å². The number of ether oxygens (including phenoxy) is 1. The van der Waals surface area contributed by atoms with E-state index in [-0.39, 0.29) is 11.7 Å². The molecule has 4 nitrogen and oxygen atoms in total. The Morgan fingerprint density at radius 1 is 1.32 bits per heavy atom. The van der Waals surface area contributed by atoms with Crippen molar-refractivity contribution in [1.29, 1.82) is 0 Å². The zero-order valence-corrected chi connectivity index (χ0v) is 16.1. The molecule has 2 unspecified atom stereocenters. The summed E-state index contributed by atoms with van der Waals surface area (Å²) >= 11 is 3.57. The molecule has 2 aromatic rings. The van der Waals surface area contributed by atoms with Crippen LogP contribution in [0.25, 0.3) is 16.5 Å². The molecular formula is C20H23BrN2O2. The van der Waals surface area contributed by atoms with E-state index in [1.165, 1.54) is 5.57 Å². The number of fused-ring (bicyclic) bond motifs is 2.